The molecule has 0 spiro atoms. The van der Waals surface area contributed by atoms with Gasteiger partial charge in [0.1, 0.15) is 0 Å². The Balaban J connectivity index is 1.72. The number of aliphatic carboxylic acids is 1. The Morgan fingerprint density at radius 1 is 1.00 bits per heavy atom. The van der Waals surface area contributed by atoms with E-state index in [-0.39, 0.29) is 5.92 Å². The molecule has 0 heterocycles. The van der Waals surface area contributed by atoms with Crippen molar-refractivity contribution in [3.63, 3.8) is 0 Å². The summed E-state index contributed by atoms with van der Waals surface area (Å²) in [5.41, 5.74) is 3.56. The molecule has 0 saturated heterocycles. The van der Waals surface area contributed by atoms with E-state index in [0.717, 1.165) is 24.9 Å². The second-order valence-corrected chi connectivity index (χ2v) is 6.03. The Morgan fingerprint density at radius 3 is 2.23 bits per heavy atom. The molecule has 22 heavy (non-hydrogen) atoms. The van der Waals surface area contributed by atoms with E-state index in [9.17, 15) is 4.79 Å². The van der Waals surface area contributed by atoms with Crippen LogP contribution < -0.4 is 4.90 Å². The molecular weight excluding hydrogens is 274 g/mol. The number of nitrogens with zero attached hydrogens (tertiary/aromatic N) is 1. The Morgan fingerprint density at radius 2 is 1.64 bits per heavy atom. The highest BCUT2D eigenvalue weighted by molar-refractivity contribution is 5.71. The smallest absolute Gasteiger partial charge is 0.306 e. The largest absolute Gasteiger partial charge is 0.481 e. The molecule has 2 aromatic carbocycles. The third kappa shape index (κ3) is 2.98. The topological polar surface area (TPSA) is 40.5 Å². The van der Waals surface area contributed by atoms with Crippen molar-refractivity contribution in [2.75, 3.05) is 11.9 Å². The van der Waals surface area contributed by atoms with Gasteiger partial charge in [-0.2, -0.15) is 0 Å². The van der Waals surface area contributed by atoms with E-state index in [1.165, 1.54) is 11.1 Å². The van der Waals surface area contributed by atoms with Gasteiger partial charge in [0.05, 0.1) is 5.92 Å². The Labute approximate surface area is 131 Å². The third-order valence-corrected chi connectivity index (χ3v) is 4.68. The standard InChI is InChI=1S/C19H21NO2/c1-20(18-12-9-16(13-18)19(21)22)17-10-7-15(8-11-17)14-5-3-2-4-6-14/h2-8,10-11,16,18H,9,12-13H2,1H3,(H,21,22)/t16-,18+/m1/s1. The van der Waals surface area contributed by atoms with Crippen LogP contribution in [0.4, 0.5) is 5.69 Å². The molecular formula is C19H21NO2. The van der Waals surface area contributed by atoms with Crippen LogP contribution in [0.5, 0.6) is 0 Å². The van der Waals surface area contributed by atoms with Crippen LogP contribution in [0.25, 0.3) is 11.1 Å². The summed E-state index contributed by atoms with van der Waals surface area (Å²) in [7, 11) is 2.06. The molecule has 3 heteroatoms. The monoisotopic (exact) mass is 295 g/mol. The first-order chi connectivity index (χ1) is 10.6. The van der Waals surface area contributed by atoms with Gasteiger partial charge < -0.3 is 10.0 Å². The average molecular weight is 295 g/mol. The van der Waals surface area contributed by atoms with Crippen molar-refractivity contribution in [1.29, 1.82) is 0 Å². The summed E-state index contributed by atoms with van der Waals surface area (Å²) in [5, 5.41) is 9.13. The van der Waals surface area contributed by atoms with Crippen molar-refractivity contribution in [1.82, 2.24) is 0 Å². The molecule has 0 unspecified atom stereocenters. The van der Waals surface area contributed by atoms with Gasteiger partial charge in [0.25, 0.3) is 0 Å². The molecule has 0 bridgehead atoms. The van der Waals surface area contributed by atoms with Gasteiger partial charge in [0.2, 0.25) is 0 Å². The zero-order valence-electron chi connectivity index (χ0n) is 12.8. The summed E-state index contributed by atoms with van der Waals surface area (Å²) in [6.07, 6.45) is 2.48. The normalized spacial score (nSPS) is 20.8. The quantitative estimate of drug-likeness (QED) is 0.925. The molecule has 2 aromatic rings. The van der Waals surface area contributed by atoms with Crippen molar-refractivity contribution in [3.8, 4) is 11.1 Å². The zero-order chi connectivity index (χ0) is 15.5. The maximum absolute atomic E-state index is 11.1. The highest BCUT2D eigenvalue weighted by atomic mass is 16.4. The minimum Gasteiger partial charge on any atom is -0.481 e. The fourth-order valence-corrected chi connectivity index (χ4v) is 3.26. The molecule has 1 saturated carbocycles. The van der Waals surface area contributed by atoms with Gasteiger partial charge in [-0.1, -0.05) is 42.5 Å². The van der Waals surface area contributed by atoms with Crippen LogP contribution in [0.3, 0.4) is 0 Å². The summed E-state index contributed by atoms with van der Waals surface area (Å²) in [5.74, 6) is -0.841. The first kappa shape index (κ1) is 14.6. The molecule has 0 aromatic heterocycles. The fraction of sp³-hybridized carbons (Fsp3) is 0.316. The first-order valence-electron chi connectivity index (χ1n) is 7.76. The highest BCUT2D eigenvalue weighted by Crippen LogP contribution is 2.32. The van der Waals surface area contributed by atoms with Gasteiger partial charge in [-0.05, 0) is 42.5 Å². The summed E-state index contributed by atoms with van der Waals surface area (Å²) < 4.78 is 0. The van der Waals surface area contributed by atoms with Crippen LogP contribution in [0.2, 0.25) is 0 Å². The van der Waals surface area contributed by atoms with Gasteiger partial charge in [-0.15, -0.1) is 0 Å². The van der Waals surface area contributed by atoms with Gasteiger partial charge >= 0.3 is 5.97 Å². The lowest BCUT2D eigenvalue weighted by atomic mass is 10.0. The van der Waals surface area contributed by atoms with Crippen LogP contribution in [0.1, 0.15) is 19.3 Å². The van der Waals surface area contributed by atoms with Gasteiger partial charge in [0, 0.05) is 18.8 Å². The van der Waals surface area contributed by atoms with Crippen LogP contribution in [0.15, 0.2) is 54.6 Å². The van der Waals surface area contributed by atoms with Gasteiger partial charge in [0.15, 0.2) is 0 Å². The van der Waals surface area contributed by atoms with E-state index >= 15 is 0 Å². The maximum atomic E-state index is 11.1. The number of carboxylic acids is 1. The van der Waals surface area contributed by atoms with Crippen LogP contribution >= 0.6 is 0 Å². The Kier molecular flexibility index (Phi) is 4.14. The predicted octanol–water partition coefficient (Wildman–Crippen LogP) is 4.04. The molecule has 1 N–H and O–H groups in total. The first-order valence-corrected chi connectivity index (χ1v) is 7.76. The summed E-state index contributed by atoms with van der Waals surface area (Å²) in [4.78, 5) is 13.3. The Hall–Kier alpha value is -2.29. The zero-order valence-corrected chi connectivity index (χ0v) is 12.8. The number of rotatable bonds is 4. The minimum atomic E-state index is -0.657. The number of carbonyl (C=O) groups is 1. The van der Waals surface area contributed by atoms with E-state index in [2.05, 4.69) is 48.3 Å². The lowest BCUT2D eigenvalue weighted by Gasteiger charge is -2.27. The molecule has 1 aliphatic rings. The van der Waals surface area contributed by atoms with E-state index in [4.69, 9.17) is 5.11 Å². The molecule has 0 aliphatic heterocycles. The van der Waals surface area contributed by atoms with E-state index in [1.807, 2.05) is 18.2 Å². The predicted molar refractivity (Wildman–Crippen MR) is 89.0 cm³/mol. The van der Waals surface area contributed by atoms with Gasteiger partial charge in [-0.25, -0.2) is 0 Å². The highest BCUT2D eigenvalue weighted by Gasteiger charge is 2.31. The van der Waals surface area contributed by atoms with Crippen molar-refractivity contribution >= 4 is 11.7 Å². The van der Waals surface area contributed by atoms with Crippen molar-refractivity contribution in [3.05, 3.63) is 54.6 Å². The molecule has 0 amide bonds. The number of hydrogen-bond donors (Lipinski definition) is 1. The lowest BCUT2D eigenvalue weighted by Crippen LogP contribution is -2.29. The molecule has 0 radical (unpaired) electrons. The van der Waals surface area contributed by atoms with E-state index < -0.39 is 5.97 Å². The molecule has 3 nitrogen and oxygen atoms in total. The lowest BCUT2D eigenvalue weighted by molar-refractivity contribution is -0.141. The molecule has 2 atom stereocenters. The molecule has 3 rings (SSSR count). The van der Waals surface area contributed by atoms with E-state index in [1.54, 1.807) is 0 Å². The number of carboxylic acid groups (broad SMARTS) is 1. The Bertz CT molecular complexity index is 636. The van der Waals surface area contributed by atoms with Gasteiger partial charge in [-0.3, -0.25) is 4.79 Å². The fourth-order valence-electron chi connectivity index (χ4n) is 3.26. The number of benzene rings is 2. The van der Waals surface area contributed by atoms with Crippen LogP contribution in [-0.4, -0.2) is 24.2 Å². The molecule has 114 valence electrons. The summed E-state index contributed by atoms with van der Waals surface area (Å²) >= 11 is 0. The van der Waals surface area contributed by atoms with Crippen LogP contribution in [0, 0.1) is 5.92 Å². The maximum Gasteiger partial charge on any atom is 0.306 e. The molecule has 1 aliphatic carbocycles. The third-order valence-electron chi connectivity index (χ3n) is 4.68. The number of anilines is 1. The summed E-state index contributed by atoms with van der Waals surface area (Å²) in [6.45, 7) is 0. The second kappa shape index (κ2) is 6.22. The SMILES string of the molecule is CN(c1ccc(-c2ccccc2)cc1)[C@H]1CC[C@@H](C(=O)O)C1. The average Bonchev–Trinajstić information content (AvgIpc) is 3.05. The second-order valence-electron chi connectivity index (χ2n) is 6.03. The summed E-state index contributed by atoms with van der Waals surface area (Å²) in [6, 6.07) is 19.1. The van der Waals surface area contributed by atoms with E-state index in [0.29, 0.717) is 6.04 Å². The van der Waals surface area contributed by atoms with Crippen molar-refractivity contribution in [2.45, 2.75) is 25.3 Å². The van der Waals surface area contributed by atoms with Crippen LogP contribution in [-0.2, 0) is 4.79 Å². The number of hydrogen-bond acceptors (Lipinski definition) is 2. The van der Waals surface area contributed by atoms with Crippen molar-refractivity contribution < 1.29 is 9.90 Å². The molecule has 1 fully saturated rings. The van der Waals surface area contributed by atoms with Crippen molar-refractivity contribution in [2.24, 2.45) is 5.92 Å². The minimum absolute atomic E-state index is 0.184.